The molecule has 0 saturated heterocycles. The second kappa shape index (κ2) is 6.92. The number of nitrogens with one attached hydrogen (secondary N) is 1. The summed E-state index contributed by atoms with van der Waals surface area (Å²) in [5.74, 6) is 1.06. The van der Waals surface area contributed by atoms with Gasteiger partial charge in [0.1, 0.15) is 25.0 Å². The van der Waals surface area contributed by atoms with Crippen molar-refractivity contribution in [2.75, 3.05) is 20.3 Å². The second-order valence-corrected chi connectivity index (χ2v) is 5.11. The van der Waals surface area contributed by atoms with E-state index in [9.17, 15) is 10.1 Å². The molecular formula is C18H16N2O4. The smallest absolute Gasteiger partial charge is 0.256 e. The predicted molar refractivity (Wildman–Crippen MR) is 86.2 cm³/mol. The summed E-state index contributed by atoms with van der Waals surface area (Å²) in [5, 5.41) is 12.2. The molecule has 0 fully saturated rings. The van der Waals surface area contributed by atoms with Gasteiger partial charge in [0.15, 0.2) is 11.5 Å². The number of carbonyl (C=O) groups is 1. The Morgan fingerprint density at radius 3 is 2.79 bits per heavy atom. The number of ether oxygens (including phenoxy) is 3. The van der Waals surface area contributed by atoms with Gasteiger partial charge < -0.3 is 19.5 Å². The molecule has 0 radical (unpaired) electrons. The number of para-hydroxylation sites is 2. The maximum atomic E-state index is 12.6. The van der Waals surface area contributed by atoms with Gasteiger partial charge in [-0.05, 0) is 18.2 Å². The van der Waals surface area contributed by atoms with Crippen LogP contribution in [-0.2, 0) is 0 Å². The quantitative estimate of drug-likeness (QED) is 0.934. The van der Waals surface area contributed by atoms with Crippen molar-refractivity contribution in [3.05, 3.63) is 53.6 Å². The van der Waals surface area contributed by atoms with Crippen LogP contribution >= 0.6 is 0 Å². The van der Waals surface area contributed by atoms with Crippen molar-refractivity contribution in [3.63, 3.8) is 0 Å². The number of methoxy groups -OCH3 is 1. The molecule has 6 heteroatoms. The highest BCUT2D eigenvalue weighted by Gasteiger charge is 2.24. The molecule has 0 spiro atoms. The van der Waals surface area contributed by atoms with Gasteiger partial charge in [0, 0.05) is 5.56 Å². The average Bonchev–Trinajstić information content (AvgIpc) is 2.65. The maximum absolute atomic E-state index is 12.6. The van der Waals surface area contributed by atoms with Crippen LogP contribution < -0.4 is 19.5 Å². The third-order valence-corrected chi connectivity index (χ3v) is 3.67. The summed E-state index contributed by atoms with van der Waals surface area (Å²) < 4.78 is 16.3. The maximum Gasteiger partial charge on any atom is 0.256 e. The molecule has 1 aliphatic rings. The van der Waals surface area contributed by atoms with Crippen molar-refractivity contribution >= 4 is 5.91 Å². The van der Waals surface area contributed by atoms with E-state index in [1.54, 1.807) is 42.5 Å². The third kappa shape index (κ3) is 2.97. The fourth-order valence-electron chi connectivity index (χ4n) is 2.55. The summed E-state index contributed by atoms with van der Waals surface area (Å²) in [7, 11) is 1.52. The zero-order chi connectivity index (χ0) is 16.9. The van der Waals surface area contributed by atoms with Crippen LogP contribution in [0.15, 0.2) is 42.5 Å². The van der Waals surface area contributed by atoms with Crippen LogP contribution in [0.3, 0.4) is 0 Å². The van der Waals surface area contributed by atoms with E-state index in [2.05, 4.69) is 11.4 Å². The van der Waals surface area contributed by atoms with Crippen LogP contribution in [0.25, 0.3) is 0 Å². The molecule has 0 aromatic heterocycles. The molecule has 0 bridgehead atoms. The molecule has 1 N–H and O–H groups in total. The first kappa shape index (κ1) is 15.7. The first-order valence-corrected chi connectivity index (χ1v) is 7.46. The minimum Gasteiger partial charge on any atom is -0.496 e. The molecule has 0 unspecified atom stereocenters. The molecule has 0 aliphatic carbocycles. The van der Waals surface area contributed by atoms with Gasteiger partial charge >= 0.3 is 0 Å². The SMILES string of the molecule is COc1ccccc1[C@@H](C#N)NC(=O)c1cccc2c1OCCO2. The lowest BCUT2D eigenvalue weighted by molar-refractivity contribution is 0.0933. The number of nitriles is 1. The van der Waals surface area contributed by atoms with Crippen LogP contribution in [0, 0.1) is 11.3 Å². The van der Waals surface area contributed by atoms with Crippen molar-refractivity contribution in [3.8, 4) is 23.3 Å². The molecule has 0 saturated carbocycles. The molecule has 1 amide bonds. The Morgan fingerprint density at radius 2 is 2.00 bits per heavy atom. The first-order chi connectivity index (χ1) is 11.7. The number of hydrogen-bond acceptors (Lipinski definition) is 5. The highest BCUT2D eigenvalue weighted by atomic mass is 16.6. The number of amides is 1. The third-order valence-electron chi connectivity index (χ3n) is 3.67. The zero-order valence-corrected chi connectivity index (χ0v) is 13.1. The molecule has 2 aromatic carbocycles. The van der Waals surface area contributed by atoms with E-state index in [1.165, 1.54) is 7.11 Å². The Balaban J connectivity index is 1.87. The Bertz CT molecular complexity index is 798. The molecule has 122 valence electrons. The van der Waals surface area contributed by atoms with Crippen LogP contribution in [0.5, 0.6) is 17.2 Å². The number of hydrogen-bond donors (Lipinski definition) is 1. The van der Waals surface area contributed by atoms with Gasteiger partial charge in [0.25, 0.3) is 5.91 Å². The minimum absolute atomic E-state index is 0.336. The van der Waals surface area contributed by atoms with Crippen molar-refractivity contribution < 1.29 is 19.0 Å². The molecule has 1 atom stereocenters. The Morgan fingerprint density at radius 1 is 1.21 bits per heavy atom. The summed E-state index contributed by atoms with van der Waals surface area (Å²) in [6.45, 7) is 0.825. The van der Waals surface area contributed by atoms with E-state index >= 15 is 0 Å². The second-order valence-electron chi connectivity index (χ2n) is 5.11. The highest BCUT2D eigenvalue weighted by molar-refractivity contribution is 5.98. The molecule has 1 aliphatic heterocycles. The monoisotopic (exact) mass is 324 g/mol. The predicted octanol–water partition coefficient (Wildman–Crippen LogP) is 2.46. The topological polar surface area (TPSA) is 80.6 Å². The number of benzene rings is 2. The van der Waals surface area contributed by atoms with E-state index in [4.69, 9.17) is 14.2 Å². The summed E-state index contributed by atoms with van der Waals surface area (Å²) in [6.07, 6.45) is 0. The number of carbonyl (C=O) groups excluding carboxylic acids is 1. The van der Waals surface area contributed by atoms with Gasteiger partial charge in [-0.25, -0.2) is 0 Å². The average molecular weight is 324 g/mol. The zero-order valence-electron chi connectivity index (χ0n) is 13.1. The van der Waals surface area contributed by atoms with E-state index < -0.39 is 11.9 Å². The molecular weight excluding hydrogens is 308 g/mol. The Labute approximate surface area is 139 Å². The fourth-order valence-corrected chi connectivity index (χ4v) is 2.55. The summed E-state index contributed by atoms with van der Waals surface area (Å²) in [6, 6.07) is 13.4. The van der Waals surface area contributed by atoms with Crippen molar-refractivity contribution in [1.29, 1.82) is 5.26 Å². The Kier molecular flexibility index (Phi) is 4.52. The standard InChI is InChI=1S/C18H16N2O4/c1-22-15-7-3-2-5-12(15)14(11-19)20-18(21)13-6-4-8-16-17(13)24-10-9-23-16/h2-8,14H,9-10H2,1H3,(H,20,21)/t14-/m1/s1. The van der Waals surface area contributed by atoms with Crippen LogP contribution in [0.4, 0.5) is 0 Å². The first-order valence-electron chi connectivity index (χ1n) is 7.46. The fraction of sp³-hybridized carbons (Fsp3) is 0.222. The largest absolute Gasteiger partial charge is 0.496 e. The Hall–Kier alpha value is -3.20. The molecule has 6 nitrogen and oxygen atoms in total. The molecule has 2 aromatic rings. The lowest BCUT2D eigenvalue weighted by Crippen LogP contribution is -2.29. The van der Waals surface area contributed by atoms with E-state index in [0.29, 0.717) is 41.6 Å². The van der Waals surface area contributed by atoms with Gasteiger partial charge in [0.05, 0.1) is 18.7 Å². The van der Waals surface area contributed by atoms with Crippen LogP contribution in [-0.4, -0.2) is 26.2 Å². The molecule has 1 heterocycles. The lowest BCUT2D eigenvalue weighted by atomic mass is 10.1. The number of fused-ring (bicyclic) bond motifs is 1. The van der Waals surface area contributed by atoms with E-state index in [1.807, 2.05) is 0 Å². The molecule has 3 rings (SSSR count). The minimum atomic E-state index is -0.839. The van der Waals surface area contributed by atoms with E-state index in [0.717, 1.165) is 0 Å². The normalized spacial score (nSPS) is 13.5. The van der Waals surface area contributed by atoms with Crippen molar-refractivity contribution in [2.45, 2.75) is 6.04 Å². The van der Waals surface area contributed by atoms with Gasteiger partial charge in [-0.2, -0.15) is 5.26 Å². The summed E-state index contributed by atoms with van der Waals surface area (Å²) in [4.78, 5) is 12.6. The van der Waals surface area contributed by atoms with Crippen molar-refractivity contribution in [2.24, 2.45) is 0 Å². The highest BCUT2D eigenvalue weighted by Crippen LogP contribution is 2.34. The van der Waals surface area contributed by atoms with Crippen LogP contribution in [0.2, 0.25) is 0 Å². The number of rotatable bonds is 4. The summed E-state index contributed by atoms with van der Waals surface area (Å²) in [5.41, 5.74) is 0.931. The van der Waals surface area contributed by atoms with Gasteiger partial charge in [-0.1, -0.05) is 24.3 Å². The lowest BCUT2D eigenvalue weighted by Gasteiger charge is -2.21. The van der Waals surface area contributed by atoms with E-state index in [-0.39, 0.29) is 0 Å². The van der Waals surface area contributed by atoms with Gasteiger partial charge in [-0.3, -0.25) is 4.79 Å². The van der Waals surface area contributed by atoms with Crippen molar-refractivity contribution in [1.82, 2.24) is 5.32 Å². The van der Waals surface area contributed by atoms with Gasteiger partial charge in [0.2, 0.25) is 0 Å². The molecule has 24 heavy (non-hydrogen) atoms. The summed E-state index contributed by atoms with van der Waals surface area (Å²) >= 11 is 0. The van der Waals surface area contributed by atoms with Gasteiger partial charge in [-0.15, -0.1) is 0 Å². The number of nitrogens with zero attached hydrogens (tertiary/aromatic N) is 1. The van der Waals surface area contributed by atoms with Crippen LogP contribution in [0.1, 0.15) is 22.0 Å².